The highest BCUT2D eigenvalue weighted by Crippen LogP contribution is 2.24. The first-order chi connectivity index (χ1) is 10.8. The Hall–Kier alpha value is -1.08. The van der Waals surface area contributed by atoms with E-state index < -0.39 is 0 Å². The lowest BCUT2D eigenvalue weighted by Crippen LogP contribution is -2.43. The van der Waals surface area contributed by atoms with Gasteiger partial charge in [-0.25, -0.2) is 4.98 Å². The summed E-state index contributed by atoms with van der Waals surface area (Å²) in [5, 5.41) is 6.08. The standard InChI is InChI=1S/C16H21N3O2S.2ClH/c1-17-8-12-3-2-5-19(9-12)15(20)7-14-11-22-16(18-14)13-4-6-21-10-13;;/h4,6,10-12,17H,2-3,5,7-9H2,1H3;2*1H. The molecule has 134 valence electrons. The van der Waals surface area contributed by atoms with E-state index in [-0.39, 0.29) is 30.7 Å². The molecule has 1 N–H and O–H groups in total. The van der Waals surface area contributed by atoms with Crippen molar-refractivity contribution in [1.82, 2.24) is 15.2 Å². The van der Waals surface area contributed by atoms with Crippen LogP contribution < -0.4 is 5.32 Å². The van der Waals surface area contributed by atoms with Gasteiger partial charge in [-0.05, 0) is 38.4 Å². The monoisotopic (exact) mass is 391 g/mol. The molecule has 0 bridgehead atoms. The molecule has 3 rings (SSSR count). The molecule has 1 aliphatic heterocycles. The Bertz CT molecular complexity index is 617. The Morgan fingerprint density at radius 3 is 3.04 bits per heavy atom. The summed E-state index contributed by atoms with van der Waals surface area (Å²) in [5.74, 6) is 0.754. The predicted octanol–water partition coefficient (Wildman–Crippen LogP) is 3.25. The molecule has 0 radical (unpaired) electrons. The van der Waals surface area contributed by atoms with Crippen molar-refractivity contribution in [1.29, 1.82) is 0 Å². The number of carbonyl (C=O) groups excluding carboxylic acids is 1. The molecular formula is C16H23Cl2N3O2S. The maximum absolute atomic E-state index is 12.5. The van der Waals surface area contributed by atoms with Gasteiger partial charge in [0.05, 0.1) is 18.4 Å². The Morgan fingerprint density at radius 2 is 2.33 bits per heavy atom. The number of furan rings is 1. The Kier molecular flexibility index (Phi) is 8.76. The summed E-state index contributed by atoms with van der Waals surface area (Å²) in [4.78, 5) is 19.0. The number of nitrogens with zero attached hydrogens (tertiary/aromatic N) is 2. The van der Waals surface area contributed by atoms with Gasteiger partial charge in [0.25, 0.3) is 0 Å². The Morgan fingerprint density at radius 1 is 1.50 bits per heavy atom. The molecular weight excluding hydrogens is 369 g/mol. The normalized spacial score (nSPS) is 17.0. The SMILES string of the molecule is CNCC1CCCN(C(=O)Cc2csc(-c3ccoc3)n2)C1.Cl.Cl. The number of hydrogen-bond acceptors (Lipinski definition) is 5. The van der Waals surface area contributed by atoms with E-state index >= 15 is 0 Å². The van der Waals surface area contributed by atoms with E-state index in [9.17, 15) is 4.79 Å². The van der Waals surface area contributed by atoms with Gasteiger partial charge < -0.3 is 14.6 Å². The summed E-state index contributed by atoms with van der Waals surface area (Å²) in [6.07, 6.45) is 6.00. The lowest BCUT2D eigenvalue weighted by molar-refractivity contribution is -0.132. The van der Waals surface area contributed by atoms with Gasteiger partial charge in [0.1, 0.15) is 11.3 Å². The van der Waals surface area contributed by atoms with Crippen molar-refractivity contribution in [2.75, 3.05) is 26.7 Å². The van der Waals surface area contributed by atoms with Crippen LogP contribution in [0.15, 0.2) is 28.4 Å². The number of halogens is 2. The fraction of sp³-hybridized carbons (Fsp3) is 0.500. The largest absolute Gasteiger partial charge is 0.472 e. The third-order valence-corrected chi connectivity index (χ3v) is 4.96. The average molecular weight is 392 g/mol. The zero-order chi connectivity index (χ0) is 15.4. The first-order valence-electron chi connectivity index (χ1n) is 7.65. The highest BCUT2D eigenvalue weighted by molar-refractivity contribution is 7.13. The van der Waals surface area contributed by atoms with Gasteiger partial charge in [-0.15, -0.1) is 36.2 Å². The van der Waals surface area contributed by atoms with Crippen LogP contribution in [0, 0.1) is 5.92 Å². The maximum atomic E-state index is 12.5. The van der Waals surface area contributed by atoms with E-state index in [4.69, 9.17) is 4.42 Å². The fourth-order valence-electron chi connectivity index (χ4n) is 2.92. The lowest BCUT2D eigenvalue weighted by Gasteiger charge is -2.32. The van der Waals surface area contributed by atoms with E-state index in [1.54, 1.807) is 23.9 Å². The van der Waals surface area contributed by atoms with E-state index in [2.05, 4.69) is 10.3 Å². The van der Waals surface area contributed by atoms with Crippen LogP contribution in [0.1, 0.15) is 18.5 Å². The van der Waals surface area contributed by atoms with Gasteiger partial charge in [-0.3, -0.25) is 4.79 Å². The Balaban J connectivity index is 0.00000144. The molecule has 2 aromatic rings. The summed E-state index contributed by atoms with van der Waals surface area (Å²) in [5.41, 5.74) is 1.82. The van der Waals surface area contributed by atoms with Crippen molar-refractivity contribution in [2.45, 2.75) is 19.3 Å². The molecule has 8 heteroatoms. The van der Waals surface area contributed by atoms with Crippen LogP contribution in [0.2, 0.25) is 0 Å². The van der Waals surface area contributed by atoms with E-state index in [0.29, 0.717) is 12.3 Å². The van der Waals surface area contributed by atoms with Crippen molar-refractivity contribution >= 4 is 42.1 Å². The Labute approximate surface area is 158 Å². The number of thiazole rings is 1. The smallest absolute Gasteiger partial charge is 0.228 e. The van der Waals surface area contributed by atoms with E-state index in [0.717, 1.165) is 42.3 Å². The average Bonchev–Trinajstić information content (AvgIpc) is 3.18. The number of hydrogen-bond donors (Lipinski definition) is 1. The molecule has 0 saturated carbocycles. The summed E-state index contributed by atoms with van der Waals surface area (Å²) < 4.78 is 5.07. The first-order valence-corrected chi connectivity index (χ1v) is 8.53. The molecule has 1 fully saturated rings. The van der Waals surface area contributed by atoms with Crippen LogP contribution in [0.5, 0.6) is 0 Å². The summed E-state index contributed by atoms with van der Waals surface area (Å²) in [6, 6.07) is 1.89. The zero-order valence-corrected chi connectivity index (χ0v) is 16.0. The number of carbonyl (C=O) groups is 1. The second-order valence-electron chi connectivity index (χ2n) is 5.74. The van der Waals surface area contributed by atoms with Crippen LogP contribution in [0.25, 0.3) is 10.6 Å². The molecule has 1 unspecified atom stereocenters. The zero-order valence-electron chi connectivity index (χ0n) is 13.6. The maximum Gasteiger partial charge on any atom is 0.228 e. The van der Waals surface area contributed by atoms with Crippen LogP contribution in [0.3, 0.4) is 0 Å². The molecule has 0 spiro atoms. The lowest BCUT2D eigenvalue weighted by atomic mass is 9.98. The summed E-state index contributed by atoms with van der Waals surface area (Å²) in [7, 11) is 1.97. The second-order valence-corrected chi connectivity index (χ2v) is 6.60. The van der Waals surface area contributed by atoms with Crippen LogP contribution in [-0.2, 0) is 11.2 Å². The predicted molar refractivity (Wildman–Crippen MR) is 101 cm³/mol. The molecule has 1 amide bonds. The molecule has 0 aliphatic carbocycles. The van der Waals surface area contributed by atoms with Crippen LogP contribution in [-0.4, -0.2) is 42.5 Å². The number of nitrogens with one attached hydrogen (secondary N) is 1. The molecule has 1 atom stereocenters. The van der Waals surface area contributed by atoms with Gasteiger partial charge >= 0.3 is 0 Å². The molecule has 1 aliphatic rings. The van der Waals surface area contributed by atoms with Crippen molar-refractivity contribution < 1.29 is 9.21 Å². The minimum atomic E-state index is 0. The highest BCUT2D eigenvalue weighted by atomic mass is 35.5. The van der Waals surface area contributed by atoms with E-state index in [1.165, 1.54) is 6.42 Å². The highest BCUT2D eigenvalue weighted by Gasteiger charge is 2.23. The number of piperidine rings is 1. The van der Waals surface area contributed by atoms with Gasteiger partial charge in [0, 0.05) is 24.0 Å². The van der Waals surface area contributed by atoms with Gasteiger partial charge in [0.15, 0.2) is 0 Å². The molecule has 1 saturated heterocycles. The number of aromatic nitrogens is 1. The molecule has 3 heterocycles. The number of amides is 1. The molecule has 24 heavy (non-hydrogen) atoms. The molecule has 5 nitrogen and oxygen atoms in total. The third kappa shape index (κ3) is 5.21. The van der Waals surface area contributed by atoms with Crippen LogP contribution in [0.4, 0.5) is 0 Å². The van der Waals surface area contributed by atoms with E-state index in [1.807, 2.05) is 23.4 Å². The molecule has 2 aromatic heterocycles. The van der Waals surface area contributed by atoms with Crippen LogP contribution >= 0.6 is 36.2 Å². The number of rotatable bonds is 5. The first kappa shape index (κ1) is 21.0. The van der Waals surface area contributed by atoms with Gasteiger partial charge in [-0.1, -0.05) is 0 Å². The second kappa shape index (κ2) is 10.0. The summed E-state index contributed by atoms with van der Waals surface area (Å²) in [6.45, 7) is 2.71. The third-order valence-electron chi connectivity index (χ3n) is 4.02. The van der Waals surface area contributed by atoms with Crippen molar-refractivity contribution in [3.8, 4) is 10.6 Å². The van der Waals surface area contributed by atoms with Crippen molar-refractivity contribution in [3.63, 3.8) is 0 Å². The van der Waals surface area contributed by atoms with Crippen molar-refractivity contribution in [2.24, 2.45) is 5.92 Å². The fourth-order valence-corrected chi connectivity index (χ4v) is 3.73. The minimum Gasteiger partial charge on any atom is -0.472 e. The summed E-state index contributed by atoms with van der Waals surface area (Å²) >= 11 is 1.55. The molecule has 0 aromatic carbocycles. The minimum absolute atomic E-state index is 0. The van der Waals surface area contributed by atoms with Gasteiger partial charge in [0.2, 0.25) is 5.91 Å². The topological polar surface area (TPSA) is 58.4 Å². The number of likely N-dealkylation sites (tertiary alicyclic amines) is 1. The van der Waals surface area contributed by atoms with Gasteiger partial charge in [-0.2, -0.15) is 0 Å². The quantitative estimate of drug-likeness (QED) is 0.849. The van der Waals surface area contributed by atoms with Crippen molar-refractivity contribution in [3.05, 3.63) is 29.7 Å².